The van der Waals surface area contributed by atoms with Gasteiger partial charge in [0, 0.05) is 23.7 Å². The number of amides is 1. The molecule has 0 aliphatic carbocycles. The first-order chi connectivity index (χ1) is 8.84. The van der Waals surface area contributed by atoms with Crippen LogP contribution in [0.5, 0.6) is 0 Å². The number of halogens is 1. The molecule has 0 aliphatic heterocycles. The first kappa shape index (κ1) is 16.0. The minimum atomic E-state index is -3.30. The van der Waals surface area contributed by atoms with E-state index in [1.54, 1.807) is 12.1 Å². The Morgan fingerprint density at radius 3 is 2.68 bits per heavy atom. The fraction of sp³-hybridized carbons (Fsp3) is 0.462. The zero-order valence-corrected chi connectivity index (χ0v) is 12.6. The molecule has 4 nitrogen and oxygen atoms in total. The lowest BCUT2D eigenvalue weighted by atomic mass is 10.1. The third-order valence-electron chi connectivity index (χ3n) is 2.67. The molecular weight excluding hydrogens is 286 g/mol. The van der Waals surface area contributed by atoms with Gasteiger partial charge in [0.2, 0.25) is 0 Å². The maximum atomic E-state index is 12.0. The van der Waals surface area contributed by atoms with Gasteiger partial charge in [-0.15, -0.1) is 11.6 Å². The fourth-order valence-electron chi connectivity index (χ4n) is 1.63. The topological polar surface area (TPSA) is 63.2 Å². The van der Waals surface area contributed by atoms with Gasteiger partial charge in [0.25, 0.3) is 5.91 Å². The van der Waals surface area contributed by atoms with Gasteiger partial charge in [0.1, 0.15) is 0 Å². The second-order valence-electron chi connectivity index (χ2n) is 4.51. The number of carbonyl (C=O) groups excluding carboxylic acids is 1. The minimum Gasteiger partial charge on any atom is -0.350 e. The smallest absolute Gasteiger partial charge is 0.251 e. The molecule has 0 radical (unpaired) electrons. The van der Waals surface area contributed by atoms with E-state index in [-0.39, 0.29) is 16.8 Å². The highest BCUT2D eigenvalue weighted by Crippen LogP contribution is 2.11. The van der Waals surface area contributed by atoms with Gasteiger partial charge in [-0.05, 0) is 38.0 Å². The van der Waals surface area contributed by atoms with Crippen molar-refractivity contribution in [1.29, 1.82) is 0 Å². The van der Waals surface area contributed by atoms with E-state index in [2.05, 4.69) is 5.32 Å². The number of sulfone groups is 1. The molecule has 1 amide bonds. The highest BCUT2D eigenvalue weighted by Gasteiger charge is 2.13. The van der Waals surface area contributed by atoms with Crippen LogP contribution in [0.1, 0.15) is 30.1 Å². The largest absolute Gasteiger partial charge is 0.350 e. The second kappa shape index (κ2) is 6.91. The molecule has 1 atom stereocenters. The quantitative estimate of drug-likeness (QED) is 0.820. The second-order valence-corrected chi connectivity index (χ2v) is 6.90. The van der Waals surface area contributed by atoms with E-state index in [1.165, 1.54) is 12.1 Å². The SMILES string of the molecule is CC(CCCCl)NC(=O)c1cccc(S(C)(=O)=O)c1. The molecule has 0 fully saturated rings. The van der Waals surface area contributed by atoms with Crippen molar-refractivity contribution in [2.45, 2.75) is 30.7 Å². The molecule has 0 aliphatic rings. The summed E-state index contributed by atoms with van der Waals surface area (Å²) in [4.78, 5) is 12.1. The molecule has 0 saturated heterocycles. The van der Waals surface area contributed by atoms with Crippen LogP contribution in [0.3, 0.4) is 0 Å². The molecule has 1 aromatic rings. The molecule has 6 heteroatoms. The first-order valence-corrected chi connectivity index (χ1v) is 8.44. The summed E-state index contributed by atoms with van der Waals surface area (Å²) >= 11 is 5.59. The summed E-state index contributed by atoms with van der Waals surface area (Å²) in [5.74, 6) is 0.289. The summed E-state index contributed by atoms with van der Waals surface area (Å²) in [6.45, 7) is 1.89. The van der Waals surface area contributed by atoms with Crippen molar-refractivity contribution in [2.24, 2.45) is 0 Å². The highest BCUT2D eigenvalue weighted by atomic mass is 35.5. The summed E-state index contributed by atoms with van der Waals surface area (Å²) in [6, 6.07) is 6.03. The average Bonchev–Trinajstić information content (AvgIpc) is 2.35. The Hall–Kier alpha value is -1.07. The van der Waals surface area contributed by atoms with Crippen molar-refractivity contribution < 1.29 is 13.2 Å². The van der Waals surface area contributed by atoms with Gasteiger partial charge in [0.05, 0.1) is 4.90 Å². The van der Waals surface area contributed by atoms with Gasteiger partial charge in [-0.2, -0.15) is 0 Å². The first-order valence-electron chi connectivity index (χ1n) is 6.01. The van der Waals surface area contributed by atoms with Crippen molar-refractivity contribution >= 4 is 27.3 Å². The van der Waals surface area contributed by atoms with Crippen LogP contribution in [-0.4, -0.2) is 32.5 Å². The van der Waals surface area contributed by atoms with Gasteiger partial charge in [0.15, 0.2) is 9.84 Å². The van der Waals surface area contributed by atoms with Crippen molar-refractivity contribution in [2.75, 3.05) is 12.1 Å². The lowest BCUT2D eigenvalue weighted by Gasteiger charge is -2.13. The normalized spacial score (nSPS) is 13.0. The predicted octanol–water partition coefficient (Wildman–Crippen LogP) is 2.23. The van der Waals surface area contributed by atoms with Crippen molar-refractivity contribution in [1.82, 2.24) is 5.32 Å². The molecule has 1 aromatic carbocycles. The lowest BCUT2D eigenvalue weighted by molar-refractivity contribution is 0.0938. The molecule has 1 N–H and O–H groups in total. The number of nitrogens with one attached hydrogen (secondary N) is 1. The van der Waals surface area contributed by atoms with E-state index in [0.29, 0.717) is 11.4 Å². The van der Waals surface area contributed by atoms with Crippen LogP contribution in [0, 0.1) is 0 Å². The van der Waals surface area contributed by atoms with Gasteiger partial charge < -0.3 is 5.32 Å². The van der Waals surface area contributed by atoms with Gasteiger partial charge in [-0.3, -0.25) is 4.79 Å². The molecule has 1 rings (SSSR count). The Bertz CT molecular complexity index is 543. The van der Waals surface area contributed by atoms with Crippen LogP contribution in [-0.2, 0) is 9.84 Å². The van der Waals surface area contributed by atoms with Crippen LogP contribution in [0.4, 0.5) is 0 Å². The summed E-state index contributed by atoms with van der Waals surface area (Å²) in [5.41, 5.74) is 0.348. The highest BCUT2D eigenvalue weighted by molar-refractivity contribution is 7.90. The van der Waals surface area contributed by atoms with E-state index in [9.17, 15) is 13.2 Å². The summed E-state index contributed by atoms with van der Waals surface area (Å²) in [7, 11) is -3.30. The number of alkyl halides is 1. The Kier molecular flexibility index (Phi) is 5.82. The molecule has 19 heavy (non-hydrogen) atoms. The fourth-order valence-corrected chi connectivity index (χ4v) is 2.45. The van der Waals surface area contributed by atoms with E-state index < -0.39 is 9.84 Å². The van der Waals surface area contributed by atoms with Gasteiger partial charge >= 0.3 is 0 Å². The van der Waals surface area contributed by atoms with Crippen LogP contribution in [0.15, 0.2) is 29.2 Å². The lowest BCUT2D eigenvalue weighted by Crippen LogP contribution is -2.32. The monoisotopic (exact) mass is 303 g/mol. The molecule has 0 spiro atoms. The molecule has 0 bridgehead atoms. The number of hydrogen-bond acceptors (Lipinski definition) is 3. The van der Waals surface area contributed by atoms with Crippen LogP contribution in [0.25, 0.3) is 0 Å². The van der Waals surface area contributed by atoms with Crippen molar-refractivity contribution in [3.8, 4) is 0 Å². The molecule has 0 heterocycles. The zero-order valence-electron chi connectivity index (χ0n) is 11.0. The maximum Gasteiger partial charge on any atom is 0.251 e. The average molecular weight is 304 g/mol. The van der Waals surface area contributed by atoms with E-state index in [0.717, 1.165) is 19.1 Å². The van der Waals surface area contributed by atoms with Gasteiger partial charge in [-0.25, -0.2) is 8.42 Å². The third-order valence-corrected chi connectivity index (χ3v) is 4.05. The summed E-state index contributed by atoms with van der Waals surface area (Å²) in [6.07, 6.45) is 2.74. The Labute approximate surface area is 119 Å². The third kappa shape index (κ3) is 5.20. The van der Waals surface area contributed by atoms with E-state index >= 15 is 0 Å². The molecule has 0 saturated carbocycles. The Morgan fingerprint density at radius 2 is 2.11 bits per heavy atom. The van der Waals surface area contributed by atoms with Crippen LogP contribution in [0.2, 0.25) is 0 Å². The van der Waals surface area contributed by atoms with Crippen molar-refractivity contribution in [3.05, 3.63) is 29.8 Å². The molecular formula is C13H18ClNO3S. The zero-order chi connectivity index (χ0) is 14.5. The van der Waals surface area contributed by atoms with Gasteiger partial charge in [-0.1, -0.05) is 6.07 Å². The molecule has 106 valence electrons. The number of hydrogen-bond donors (Lipinski definition) is 1. The standard InChI is InChI=1S/C13H18ClNO3S/c1-10(5-4-8-14)15-13(16)11-6-3-7-12(9-11)19(2,17)18/h3,6-7,9-10H,4-5,8H2,1-2H3,(H,15,16). The Balaban J connectivity index is 2.78. The predicted molar refractivity (Wildman–Crippen MR) is 76.4 cm³/mol. The number of benzene rings is 1. The Morgan fingerprint density at radius 1 is 1.42 bits per heavy atom. The summed E-state index contributed by atoms with van der Waals surface area (Å²) in [5, 5.41) is 2.82. The van der Waals surface area contributed by atoms with Crippen LogP contribution >= 0.6 is 11.6 Å². The number of rotatable bonds is 6. The maximum absolute atomic E-state index is 12.0. The van der Waals surface area contributed by atoms with Crippen LogP contribution < -0.4 is 5.32 Å². The molecule has 1 unspecified atom stereocenters. The molecule has 0 aromatic heterocycles. The minimum absolute atomic E-state index is 0.00754. The summed E-state index contributed by atoms with van der Waals surface area (Å²) < 4.78 is 22.8. The van der Waals surface area contributed by atoms with Crippen molar-refractivity contribution in [3.63, 3.8) is 0 Å². The van der Waals surface area contributed by atoms with E-state index in [1.807, 2.05) is 6.92 Å². The number of carbonyl (C=O) groups is 1. The van der Waals surface area contributed by atoms with E-state index in [4.69, 9.17) is 11.6 Å².